The molecule has 0 spiro atoms. The first-order chi connectivity index (χ1) is 2.91. The molecule has 0 aromatic rings. The van der Waals surface area contributed by atoms with Crippen molar-refractivity contribution in [2.75, 3.05) is 6.54 Å². The summed E-state index contributed by atoms with van der Waals surface area (Å²) >= 11 is 0. The molecule has 0 rings (SSSR count). The Morgan fingerprint density at radius 2 is 2.33 bits per heavy atom. The van der Waals surface area contributed by atoms with Gasteiger partial charge in [-0.1, -0.05) is 6.92 Å². The van der Waals surface area contributed by atoms with Crippen LogP contribution in [0.2, 0.25) is 0 Å². The summed E-state index contributed by atoms with van der Waals surface area (Å²) in [4.78, 5) is 0. The van der Waals surface area contributed by atoms with E-state index in [-0.39, 0.29) is 0 Å². The van der Waals surface area contributed by atoms with Crippen molar-refractivity contribution in [2.24, 2.45) is 0 Å². The maximum atomic E-state index is 7.84. The number of hydrogen-bond donors (Lipinski definition) is 3. The van der Waals surface area contributed by atoms with Gasteiger partial charge in [0.25, 0.3) is 0 Å². The highest BCUT2D eigenvalue weighted by Crippen LogP contribution is 1.62. The van der Waals surface area contributed by atoms with E-state index in [2.05, 4.69) is 5.43 Å². The van der Waals surface area contributed by atoms with Crippen LogP contribution in [0.4, 0.5) is 0 Å². The molecule has 0 amide bonds. The van der Waals surface area contributed by atoms with Crippen molar-refractivity contribution in [1.29, 1.82) is 0 Å². The third-order valence-electron chi connectivity index (χ3n) is 0.454. The van der Waals surface area contributed by atoms with Gasteiger partial charge in [-0.25, -0.2) is 5.43 Å². The smallest absolute Gasteiger partial charge is 0.0119 e. The summed E-state index contributed by atoms with van der Waals surface area (Å²) in [7, 11) is 0. The second-order valence-corrected chi connectivity index (χ2v) is 1.04. The summed E-state index contributed by atoms with van der Waals surface area (Å²) < 4.78 is 0. The van der Waals surface area contributed by atoms with Gasteiger partial charge in [-0.15, -0.1) is 5.59 Å². The van der Waals surface area contributed by atoms with E-state index in [9.17, 15) is 0 Å². The van der Waals surface area contributed by atoms with E-state index in [0.29, 0.717) is 0 Å². The third kappa shape index (κ3) is 3.88. The molecule has 3 nitrogen and oxygen atoms in total. The number of rotatable bonds is 3. The Morgan fingerprint density at radius 3 is 2.50 bits per heavy atom. The van der Waals surface area contributed by atoms with Crippen molar-refractivity contribution in [2.45, 2.75) is 13.3 Å². The van der Waals surface area contributed by atoms with Gasteiger partial charge in [0.2, 0.25) is 0 Å². The van der Waals surface area contributed by atoms with Crippen LogP contribution in [0, 0.1) is 0 Å². The van der Waals surface area contributed by atoms with Crippen LogP contribution in [0.3, 0.4) is 0 Å². The minimum atomic E-state index is 0.802. The largest absolute Gasteiger partial charge is 0.302 e. The average Bonchev–Trinajstić information content (AvgIpc) is 1.61. The lowest BCUT2D eigenvalue weighted by atomic mass is 10.5. The SMILES string of the molecule is CCCNNO. The summed E-state index contributed by atoms with van der Waals surface area (Å²) in [5.74, 6) is 0. The molecule has 0 saturated heterocycles. The lowest BCUT2D eigenvalue weighted by molar-refractivity contribution is 0.121. The first-order valence-electron chi connectivity index (χ1n) is 2.03. The average molecular weight is 90.1 g/mol. The van der Waals surface area contributed by atoms with E-state index in [1.54, 1.807) is 0 Å². The van der Waals surface area contributed by atoms with E-state index in [1.165, 1.54) is 0 Å². The van der Waals surface area contributed by atoms with Crippen molar-refractivity contribution in [1.82, 2.24) is 11.0 Å². The van der Waals surface area contributed by atoms with Gasteiger partial charge in [-0.3, -0.25) is 0 Å². The molecule has 0 atom stereocenters. The Labute approximate surface area is 37.3 Å². The Morgan fingerprint density at radius 1 is 1.67 bits per heavy atom. The van der Waals surface area contributed by atoms with Crippen molar-refractivity contribution in [3.63, 3.8) is 0 Å². The number of nitrogens with one attached hydrogen (secondary N) is 2. The van der Waals surface area contributed by atoms with E-state index in [1.807, 2.05) is 12.5 Å². The second kappa shape index (κ2) is 4.88. The lowest BCUT2D eigenvalue weighted by Gasteiger charge is -1.93. The lowest BCUT2D eigenvalue weighted by Crippen LogP contribution is -2.28. The summed E-state index contributed by atoms with van der Waals surface area (Å²) in [6.07, 6.45) is 1.02. The van der Waals surface area contributed by atoms with Crippen molar-refractivity contribution in [3.05, 3.63) is 0 Å². The number of hydrogen-bond acceptors (Lipinski definition) is 3. The third-order valence-corrected chi connectivity index (χ3v) is 0.454. The van der Waals surface area contributed by atoms with Gasteiger partial charge in [-0.05, 0) is 6.42 Å². The fourth-order valence-electron chi connectivity index (χ4n) is 0.181. The van der Waals surface area contributed by atoms with Crippen LogP contribution in [0.15, 0.2) is 0 Å². The van der Waals surface area contributed by atoms with Crippen LogP contribution in [0.1, 0.15) is 13.3 Å². The van der Waals surface area contributed by atoms with Gasteiger partial charge >= 0.3 is 0 Å². The molecule has 6 heavy (non-hydrogen) atoms. The van der Waals surface area contributed by atoms with Crippen LogP contribution in [0.5, 0.6) is 0 Å². The van der Waals surface area contributed by atoms with E-state index in [4.69, 9.17) is 5.21 Å². The summed E-state index contributed by atoms with van der Waals surface area (Å²) in [6.45, 7) is 2.82. The minimum absolute atomic E-state index is 0.802. The predicted molar refractivity (Wildman–Crippen MR) is 23.2 cm³/mol. The molecule has 3 heteroatoms. The molecule has 0 unspecified atom stereocenters. The molecule has 0 fully saturated rings. The van der Waals surface area contributed by atoms with Crippen LogP contribution < -0.4 is 11.0 Å². The minimum Gasteiger partial charge on any atom is -0.302 e. The maximum Gasteiger partial charge on any atom is 0.0119 e. The van der Waals surface area contributed by atoms with E-state index in [0.717, 1.165) is 13.0 Å². The summed E-state index contributed by atoms with van der Waals surface area (Å²) in [6, 6.07) is 0. The maximum absolute atomic E-state index is 7.84. The molecule has 0 aliphatic rings. The molecule has 3 N–H and O–H groups in total. The Bertz CT molecular complexity index is 20.8. The Kier molecular flexibility index (Phi) is 4.78. The van der Waals surface area contributed by atoms with Crippen LogP contribution in [0.25, 0.3) is 0 Å². The molecule has 38 valence electrons. The standard InChI is InChI=1S/C3H10N2O/c1-2-3-4-5-6/h4-6H,2-3H2,1H3. The zero-order valence-corrected chi connectivity index (χ0v) is 3.86. The van der Waals surface area contributed by atoms with E-state index >= 15 is 0 Å². The fourth-order valence-corrected chi connectivity index (χ4v) is 0.181. The topological polar surface area (TPSA) is 44.3 Å². The number of hydrazine groups is 1. The van der Waals surface area contributed by atoms with Gasteiger partial charge in [0.15, 0.2) is 0 Å². The Hall–Kier alpha value is -0.120. The van der Waals surface area contributed by atoms with Gasteiger partial charge in [0.1, 0.15) is 0 Å². The Balaban J connectivity index is 2.34. The molecule has 0 radical (unpaired) electrons. The molecule has 0 aromatic heterocycles. The van der Waals surface area contributed by atoms with Gasteiger partial charge < -0.3 is 5.21 Å². The monoisotopic (exact) mass is 90.1 g/mol. The van der Waals surface area contributed by atoms with Gasteiger partial charge in [-0.2, -0.15) is 0 Å². The molecule has 0 saturated carbocycles. The molecule has 0 aliphatic heterocycles. The molecular formula is C3H10N2O. The highest BCUT2D eigenvalue weighted by Gasteiger charge is 1.70. The summed E-state index contributed by atoms with van der Waals surface area (Å²) in [5.41, 5.74) is 4.32. The van der Waals surface area contributed by atoms with Gasteiger partial charge in [0.05, 0.1) is 0 Å². The highest BCUT2D eigenvalue weighted by atomic mass is 16.5. The first kappa shape index (κ1) is 5.88. The zero-order chi connectivity index (χ0) is 4.83. The molecule has 0 aromatic carbocycles. The van der Waals surface area contributed by atoms with Crippen LogP contribution in [-0.2, 0) is 0 Å². The predicted octanol–water partition coefficient (Wildman–Crippen LogP) is -0.120. The molecule has 0 aliphatic carbocycles. The van der Waals surface area contributed by atoms with Crippen LogP contribution >= 0.6 is 0 Å². The first-order valence-corrected chi connectivity index (χ1v) is 2.03. The van der Waals surface area contributed by atoms with Crippen molar-refractivity contribution in [3.8, 4) is 0 Å². The quantitative estimate of drug-likeness (QED) is 0.334. The molecule has 0 heterocycles. The van der Waals surface area contributed by atoms with Crippen molar-refractivity contribution >= 4 is 0 Å². The highest BCUT2D eigenvalue weighted by molar-refractivity contribution is 4.26. The van der Waals surface area contributed by atoms with Crippen molar-refractivity contribution < 1.29 is 5.21 Å². The fraction of sp³-hybridized carbons (Fsp3) is 1.00. The normalized spacial score (nSPS) is 9.00. The second-order valence-electron chi connectivity index (χ2n) is 1.04. The van der Waals surface area contributed by atoms with E-state index < -0.39 is 0 Å². The van der Waals surface area contributed by atoms with Gasteiger partial charge in [0, 0.05) is 6.54 Å². The zero-order valence-electron chi connectivity index (χ0n) is 3.86. The molecule has 0 bridgehead atoms. The molecular weight excluding hydrogens is 80.0 g/mol. The van der Waals surface area contributed by atoms with Crippen LogP contribution in [-0.4, -0.2) is 11.8 Å². The summed E-state index contributed by atoms with van der Waals surface area (Å²) in [5, 5.41) is 7.84.